The molecule has 0 atom stereocenters. The summed E-state index contributed by atoms with van der Waals surface area (Å²) in [6, 6.07) is 4.54. The molecule has 0 N–H and O–H groups in total. The summed E-state index contributed by atoms with van der Waals surface area (Å²) >= 11 is 0. The minimum atomic E-state index is 0.967. The SMILES string of the molecule is CC=C=C1N=Cc2cc(CC)c(CC)cc21. The number of hydrogen-bond acceptors (Lipinski definition) is 1. The van der Waals surface area contributed by atoms with Gasteiger partial charge in [-0.2, -0.15) is 0 Å². The van der Waals surface area contributed by atoms with Crippen molar-refractivity contribution in [2.75, 3.05) is 0 Å². The van der Waals surface area contributed by atoms with Crippen molar-refractivity contribution >= 4 is 11.9 Å². The summed E-state index contributed by atoms with van der Waals surface area (Å²) in [5.41, 5.74) is 9.49. The molecule has 0 saturated carbocycles. The van der Waals surface area contributed by atoms with Crippen LogP contribution in [-0.4, -0.2) is 6.21 Å². The first-order chi connectivity index (χ1) is 7.80. The van der Waals surface area contributed by atoms with Gasteiger partial charge < -0.3 is 0 Å². The quantitative estimate of drug-likeness (QED) is 0.660. The molecule has 82 valence electrons. The van der Waals surface area contributed by atoms with Gasteiger partial charge in [0.25, 0.3) is 0 Å². The third-order valence-corrected chi connectivity index (χ3v) is 3.00. The second-order valence-corrected chi connectivity index (χ2v) is 3.96. The Kier molecular flexibility index (Phi) is 3.07. The fourth-order valence-electron chi connectivity index (χ4n) is 2.13. The molecule has 1 heterocycles. The molecule has 1 aliphatic heterocycles. The highest BCUT2D eigenvalue weighted by Gasteiger charge is 2.14. The molecule has 0 aliphatic carbocycles. The van der Waals surface area contributed by atoms with E-state index in [2.05, 4.69) is 36.7 Å². The number of hydrogen-bond donors (Lipinski definition) is 0. The number of aryl methyl sites for hydroxylation is 2. The highest BCUT2D eigenvalue weighted by atomic mass is 14.8. The molecule has 0 aromatic heterocycles. The largest absolute Gasteiger partial charge is 0.247 e. The highest BCUT2D eigenvalue weighted by molar-refractivity contribution is 5.97. The molecule has 2 rings (SSSR count). The maximum absolute atomic E-state index is 4.39. The van der Waals surface area contributed by atoms with Gasteiger partial charge in [0.05, 0.1) is 0 Å². The smallest absolute Gasteiger partial charge is 0.112 e. The standard InChI is InChI=1S/C15H17N/c1-4-7-15-14-9-12(6-3)11(5-2)8-13(14)10-16-15/h4,8-10H,5-6H2,1-3H3. The van der Waals surface area contributed by atoms with Crippen LogP contribution in [0, 0.1) is 0 Å². The molecule has 1 nitrogen and oxygen atoms in total. The van der Waals surface area contributed by atoms with Crippen molar-refractivity contribution in [3.8, 4) is 0 Å². The number of aliphatic imine (C=N–C) groups is 1. The molecule has 0 saturated heterocycles. The molecule has 0 amide bonds. The van der Waals surface area contributed by atoms with Crippen molar-refractivity contribution in [2.45, 2.75) is 33.6 Å². The molecule has 16 heavy (non-hydrogen) atoms. The van der Waals surface area contributed by atoms with Gasteiger partial charge in [-0.3, -0.25) is 0 Å². The van der Waals surface area contributed by atoms with Crippen LogP contribution in [0.25, 0.3) is 5.70 Å². The van der Waals surface area contributed by atoms with Crippen LogP contribution < -0.4 is 0 Å². The van der Waals surface area contributed by atoms with E-state index in [0.717, 1.165) is 18.5 Å². The van der Waals surface area contributed by atoms with E-state index >= 15 is 0 Å². The summed E-state index contributed by atoms with van der Waals surface area (Å²) in [6.07, 6.45) is 6.04. The summed E-state index contributed by atoms with van der Waals surface area (Å²) in [5.74, 6) is 0. The first-order valence-electron chi connectivity index (χ1n) is 5.91. The topological polar surface area (TPSA) is 12.4 Å². The van der Waals surface area contributed by atoms with E-state index in [4.69, 9.17) is 0 Å². The lowest BCUT2D eigenvalue weighted by Gasteiger charge is -2.08. The minimum absolute atomic E-state index is 0.967. The fourth-order valence-corrected chi connectivity index (χ4v) is 2.13. The molecule has 0 bridgehead atoms. The van der Waals surface area contributed by atoms with Gasteiger partial charge in [0.1, 0.15) is 5.70 Å². The summed E-state index contributed by atoms with van der Waals surface area (Å²) in [5, 5.41) is 0. The fraction of sp³-hybridized carbons (Fsp3) is 0.333. The Bertz CT molecular complexity index is 500. The van der Waals surface area contributed by atoms with Gasteiger partial charge in [-0.05, 0) is 49.1 Å². The van der Waals surface area contributed by atoms with E-state index in [1.807, 2.05) is 19.2 Å². The zero-order valence-corrected chi connectivity index (χ0v) is 10.2. The van der Waals surface area contributed by atoms with Gasteiger partial charge in [0.15, 0.2) is 0 Å². The second kappa shape index (κ2) is 4.51. The summed E-state index contributed by atoms with van der Waals surface area (Å²) in [7, 11) is 0. The molecule has 0 spiro atoms. The molecular formula is C15H17N. The van der Waals surface area contributed by atoms with Crippen LogP contribution in [0.1, 0.15) is 43.0 Å². The van der Waals surface area contributed by atoms with Gasteiger partial charge in [-0.15, -0.1) is 0 Å². The van der Waals surface area contributed by atoms with E-state index in [1.165, 1.54) is 22.3 Å². The summed E-state index contributed by atoms with van der Waals surface area (Å²) in [6.45, 7) is 6.38. The molecule has 1 aromatic carbocycles. The molecule has 0 radical (unpaired) electrons. The Balaban J connectivity index is 2.60. The number of fused-ring (bicyclic) bond motifs is 1. The average molecular weight is 211 g/mol. The van der Waals surface area contributed by atoms with E-state index in [-0.39, 0.29) is 0 Å². The van der Waals surface area contributed by atoms with Crippen molar-refractivity contribution in [3.05, 3.63) is 46.2 Å². The van der Waals surface area contributed by atoms with Crippen LogP contribution in [0.2, 0.25) is 0 Å². The normalized spacial score (nSPS) is 12.6. The predicted octanol–water partition coefficient (Wildman–Crippen LogP) is 3.76. The van der Waals surface area contributed by atoms with Crippen LogP contribution >= 0.6 is 0 Å². The first-order valence-corrected chi connectivity index (χ1v) is 5.91. The van der Waals surface area contributed by atoms with Gasteiger partial charge >= 0.3 is 0 Å². The van der Waals surface area contributed by atoms with Crippen LogP contribution in [0.3, 0.4) is 0 Å². The van der Waals surface area contributed by atoms with Gasteiger partial charge in [0, 0.05) is 17.3 Å². The van der Waals surface area contributed by atoms with E-state index in [1.54, 1.807) is 0 Å². The van der Waals surface area contributed by atoms with Crippen LogP contribution in [0.15, 0.2) is 28.9 Å². The lowest BCUT2D eigenvalue weighted by molar-refractivity contribution is 1.03. The second-order valence-electron chi connectivity index (χ2n) is 3.96. The van der Waals surface area contributed by atoms with E-state index in [0.29, 0.717) is 0 Å². The zero-order valence-electron chi connectivity index (χ0n) is 10.2. The van der Waals surface area contributed by atoms with Gasteiger partial charge in [0.2, 0.25) is 0 Å². The maximum Gasteiger partial charge on any atom is 0.112 e. The first kappa shape index (κ1) is 10.9. The van der Waals surface area contributed by atoms with Gasteiger partial charge in [-0.25, -0.2) is 4.99 Å². The Hall–Kier alpha value is -1.59. The van der Waals surface area contributed by atoms with Crippen molar-refractivity contribution in [2.24, 2.45) is 4.99 Å². The molecule has 1 aromatic rings. The lowest BCUT2D eigenvalue weighted by atomic mass is 9.96. The van der Waals surface area contributed by atoms with Crippen molar-refractivity contribution in [1.82, 2.24) is 0 Å². The maximum atomic E-state index is 4.39. The number of benzene rings is 1. The number of rotatable bonds is 2. The predicted molar refractivity (Wildman–Crippen MR) is 70.0 cm³/mol. The number of nitrogens with zero attached hydrogens (tertiary/aromatic N) is 1. The summed E-state index contributed by atoms with van der Waals surface area (Å²) in [4.78, 5) is 4.39. The highest BCUT2D eigenvalue weighted by Crippen LogP contribution is 2.28. The monoisotopic (exact) mass is 211 g/mol. The van der Waals surface area contributed by atoms with Crippen LogP contribution in [0.5, 0.6) is 0 Å². The minimum Gasteiger partial charge on any atom is -0.247 e. The third kappa shape index (κ3) is 1.75. The van der Waals surface area contributed by atoms with Crippen LogP contribution in [0.4, 0.5) is 0 Å². The molecule has 1 aliphatic rings. The van der Waals surface area contributed by atoms with E-state index in [9.17, 15) is 0 Å². The lowest BCUT2D eigenvalue weighted by Crippen LogP contribution is -1.95. The van der Waals surface area contributed by atoms with Crippen molar-refractivity contribution < 1.29 is 0 Å². The third-order valence-electron chi connectivity index (χ3n) is 3.00. The number of allylic oxidation sites excluding steroid dienone is 1. The Labute approximate surface area is 97.2 Å². The Morgan fingerprint density at radius 2 is 1.88 bits per heavy atom. The summed E-state index contributed by atoms with van der Waals surface area (Å²) < 4.78 is 0. The Morgan fingerprint density at radius 3 is 2.50 bits per heavy atom. The van der Waals surface area contributed by atoms with Gasteiger partial charge in [-0.1, -0.05) is 19.6 Å². The van der Waals surface area contributed by atoms with Crippen molar-refractivity contribution in [3.63, 3.8) is 0 Å². The molecule has 0 unspecified atom stereocenters. The average Bonchev–Trinajstić information content (AvgIpc) is 2.70. The Morgan fingerprint density at radius 1 is 1.19 bits per heavy atom. The molecule has 1 heteroatoms. The molecular weight excluding hydrogens is 194 g/mol. The molecule has 0 fully saturated rings. The van der Waals surface area contributed by atoms with Crippen LogP contribution in [-0.2, 0) is 12.8 Å². The van der Waals surface area contributed by atoms with E-state index < -0.39 is 0 Å². The zero-order chi connectivity index (χ0) is 11.5. The van der Waals surface area contributed by atoms with Crippen molar-refractivity contribution in [1.29, 1.82) is 0 Å².